The lowest BCUT2D eigenvalue weighted by Gasteiger charge is -2.22. The molecule has 0 amide bonds. The Labute approximate surface area is 99.2 Å². The molecule has 0 fully saturated rings. The van der Waals surface area contributed by atoms with Gasteiger partial charge in [-0.25, -0.2) is 15.8 Å². The number of anilines is 1. The van der Waals surface area contributed by atoms with Crippen molar-refractivity contribution < 1.29 is 4.74 Å². The Morgan fingerprint density at radius 2 is 2.12 bits per heavy atom. The first-order valence-corrected chi connectivity index (χ1v) is 6.23. The van der Waals surface area contributed by atoms with Crippen molar-refractivity contribution in [2.45, 2.75) is 31.0 Å². The van der Waals surface area contributed by atoms with Gasteiger partial charge in [0.25, 0.3) is 0 Å². The van der Waals surface area contributed by atoms with E-state index >= 15 is 0 Å². The van der Waals surface area contributed by atoms with E-state index in [2.05, 4.69) is 15.4 Å². The van der Waals surface area contributed by atoms with E-state index in [-0.39, 0.29) is 0 Å². The number of nitrogens with zero attached hydrogens (tertiary/aromatic N) is 2. The minimum atomic E-state index is -0.492. The number of hydrogen-bond donors (Lipinski definition) is 2. The fourth-order valence-electron chi connectivity index (χ4n) is 1.53. The van der Waals surface area contributed by atoms with Gasteiger partial charge in [-0.05, 0) is 13.8 Å². The average Bonchev–Trinajstić information content (AvgIpc) is 2.75. The van der Waals surface area contributed by atoms with Gasteiger partial charge in [-0.1, -0.05) is 0 Å². The van der Waals surface area contributed by atoms with Crippen LogP contribution < -0.4 is 11.3 Å². The second kappa shape index (κ2) is 4.20. The molecule has 0 atom stereocenters. The highest BCUT2D eigenvalue weighted by molar-refractivity contribution is 7.98. The largest absolute Gasteiger partial charge is 0.371 e. The Balaban J connectivity index is 2.50. The number of rotatable bonds is 3. The van der Waals surface area contributed by atoms with Crippen LogP contribution in [0.5, 0.6) is 0 Å². The first-order valence-electron chi connectivity index (χ1n) is 5.08. The van der Waals surface area contributed by atoms with Gasteiger partial charge in [0.1, 0.15) is 11.4 Å². The minimum Gasteiger partial charge on any atom is -0.371 e. The van der Waals surface area contributed by atoms with Gasteiger partial charge < -0.3 is 10.2 Å². The molecule has 3 N–H and O–H groups in total. The predicted molar refractivity (Wildman–Crippen MR) is 64.9 cm³/mol. The maximum absolute atomic E-state index is 5.49. The highest BCUT2D eigenvalue weighted by Gasteiger charge is 2.27. The van der Waals surface area contributed by atoms with Crippen molar-refractivity contribution in [3.63, 3.8) is 0 Å². The SMILES string of the molecule is COC(C)(C)c1nc2c(c(NN)n1)CSC2. The second-order valence-corrected chi connectivity index (χ2v) is 5.16. The number of hydrogen-bond acceptors (Lipinski definition) is 6. The van der Waals surface area contributed by atoms with E-state index in [0.717, 1.165) is 28.6 Å². The van der Waals surface area contributed by atoms with Crippen molar-refractivity contribution >= 4 is 17.6 Å². The molecule has 6 heteroatoms. The van der Waals surface area contributed by atoms with Crippen LogP contribution in [0.2, 0.25) is 0 Å². The van der Waals surface area contributed by atoms with E-state index in [1.165, 1.54) is 0 Å². The Bertz CT molecular complexity index is 408. The van der Waals surface area contributed by atoms with Crippen LogP contribution in [0, 0.1) is 0 Å². The molecule has 0 radical (unpaired) electrons. The van der Waals surface area contributed by atoms with Crippen LogP contribution in [0.4, 0.5) is 5.82 Å². The standard InChI is InChI=1S/C10H16N4OS/c1-10(2,15-3)9-12-7-5-16-4-6(7)8(13-9)14-11/h4-5,11H2,1-3H3,(H,12,13,14). The van der Waals surface area contributed by atoms with Crippen molar-refractivity contribution in [1.29, 1.82) is 0 Å². The summed E-state index contributed by atoms with van der Waals surface area (Å²) in [4.78, 5) is 8.97. The number of nitrogens with two attached hydrogens (primary N) is 1. The van der Waals surface area contributed by atoms with E-state index in [9.17, 15) is 0 Å². The van der Waals surface area contributed by atoms with Crippen LogP contribution in [0.15, 0.2) is 0 Å². The number of ether oxygens (including phenoxy) is 1. The highest BCUT2D eigenvalue weighted by Crippen LogP contribution is 2.34. The van der Waals surface area contributed by atoms with E-state index < -0.39 is 5.60 Å². The third-order valence-corrected chi connectivity index (χ3v) is 3.73. The molecule has 16 heavy (non-hydrogen) atoms. The summed E-state index contributed by atoms with van der Waals surface area (Å²) in [6.45, 7) is 3.88. The maximum atomic E-state index is 5.49. The van der Waals surface area contributed by atoms with Crippen LogP contribution in [0.1, 0.15) is 30.9 Å². The lowest BCUT2D eigenvalue weighted by Crippen LogP contribution is -2.25. The summed E-state index contributed by atoms with van der Waals surface area (Å²) in [5, 5.41) is 0. The molecular formula is C10H16N4OS. The van der Waals surface area contributed by atoms with Crippen LogP contribution >= 0.6 is 11.8 Å². The Morgan fingerprint density at radius 3 is 2.75 bits per heavy atom. The van der Waals surface area contributed by atoms with E-state index in [0.29, 0.717) is 5.82 Å². The van der Waals surface area contributed by atoms with Gasteiger partial charge in [0.15, 0.2) is 5.82 Å². The molecule has 0 unspecified atom stereocenters. The Morgan fingerprint density at radius 1 is 1.38 bits per heavy atom. The molecule has 0 aliphatic carbocycles. The van der Waals surface area contributed by atoms with E-state index in [4.69, 9.17) is 10.6 Å². The Hall–Kier alpha value is -0.850. The van der Waals surface area contributed by atoms with Crippen molar-refractivity contribution in [2.75, 3.05) is 12.5 Å². The predicted octanol–water partition coefficient (Wildman–Crippen LogP) is 1.39. The molecule has 2 heterocycles. The molecule has 0 spiro atoms. The van der Waals surface area contributed by atoms with E-state index in [1.807, 2.05) is 25.6 Å². The molecule has 1 aliphatic heterocycles. The zero-order chi connectivity index (χ0) is 11.8. The molecule has 0 saturated carbocycles. The molecule has 88 valence electrons. The van der Waals surface area contributed by atoms with Crippen molar-refractivity contribution in [1.82, 2.24) is 9.97 Å². The molecule has 0 saturated heterocycles. The first kappa shape index (κ1) is 11.6. The minimum absolute atomic E-state index is 0.492. The monoisotopic (exact) mass is 240 g/mol. The number of hydrazine groups is 1. The first-order chi connectivity index (χ1) is 7.58. The van der Waals surface area contributed by atoms with E-state index in [1.54, 1.807) is 7.11 Å². The van der Waals surface area contributed by atoms with Crippen molar-refractivity contribution in [3.8, 4) is 0 Å². The number of aromatic nitrogens is 2. The summed E-state index contributed by atoms with van der Waals surface area (Å²) in [5.74, 6) is 8.71. The number of fused-ring (bicyclic) bond motifs is 1. The van der Waals surface area contributed by atoms with Gasteiger partial charge in [0.2, 0.25) is 0 Å². The normalized spacial score (nSPS) is 15.0. The topological polar surface area (TPSA) is 73.1 Å². The lowest BCUT2D eigenvalue weighted by atomic mass is 10.1. The molecular weight excluding hydrogens is 224 g/mol. The average molecular weight is 240 g/mol. The van der Waals surface area contributed by atoms with Gasteiger partial charge in [0.05, 0.1) is 5.69 Å². The van der Waals surface area contributed by atoms with Gasteiger partial charge in [-0.3, -0.25) is 0 Å². The number of nitrogens with one attached hydrogen (secondary N) is 1. The molecule has 1 aromatic rings. The molecule has 5 nitrogen and oxygen atoms in total. The third kappa shape index (κ3) is 1.88. The Kier molecular flexibility index (Phi) is 3.05. The van der Waals surface area contributed by atoms with Crippen LogP contribution in [0.25, 0.3) is 0 Å². The van der Waals surface area contributed by atoms with Crippen molar-refractivity contribution in [3.05, 3.63) is 17.1 Å². The second-order valence-electron chi connectivity index (χ2n) is 4.17. The molecule has 0 bridgehead atoms. The van der Waals surface area contributed by atoms with Gasteiger partial charge >= 0.3 is 0 Å². The summed E-state index contributed by atoms with van der Waals surface area (Å²) in [7, 11) is 1.65. The molecule has 2 rings (SSSR count). The van der Waals surface area contributed by atoms with Crippen LogP contribution in [0.3, 0.4) is 0 Å². The highest BCUT2D eigenvalue weighted by atomic mass is 32.2. The summed E-state index contributed by atoms with van der Waals surface area (Å²) < 4.78 is 5.38. The zero-order valence-corrected chi connectivity index (χ0v) is 10.5. The van der Waals surface area contributed by atoms with Gasteiger partial charge in [-0.2, -0.15) is 11.8 Å². The van der Waals surface area contributed by atoms with Crippen molar-refractivity contribution in [2.24, 2.45) is 5.84 Å². The molecule has 0 aromatic carbocycles. The van der Waals surface area contributed by atoms with Crippen LogP contribution in [-0.4, -0.2) is 17.1 Å². The van der Waals surface area contributed by atoms with Gasteiger partial charge in [0, 0.05) is 24.2 Å². The van der Waals surface area contributed by atoms with Crippen LogP contribution in [-0.2, 0) is 21.8 Å². The smallest absolute Gasteiger partial charge is 0.162 e. The number of methoxy groups -OCH3 is 1. The summed E-state index contributed by atoms with van der Waals surface area (Å²) >= 11 is 1.82. The molecule has 1 aliphatic rings. The molecule has 1 aromatic heterocycles. The maximum Gasteiger partial charge on any atom is 0.162 e. The summed E-state index contributed by atoms with van der Waals surface area (Å²) in [6.07, 6.45) is 0. The number of nitrogen functional groups attached to an aromatic ring is 1. The fraction of sp³-hybridized carbons (Fsp3) is 0.600. The lowest BCUT2D eigenvalue weighted by molar-refractivity contribution is 0.0114. The fourth-order valence-corrected chi connectivity index (χ4v) is 2.57. The zero-order valence-electron chi connectivity index (χ0n) is 9.70. The summed E-state index contributed by atoms with van der Waals surface area (Å²) in [5.41, 5.74) is 4.33. The quantitative estimate of drug-likeness (QED) is 0.614. The third-order valence-electron chi connectivity index (χ3n) is 2.76. The van der Waals surface area contributed by atoms with Gasteiger partial charge in [-0.15, -0.1) is 0 Å². The summed E-state index contributed by atoms with van der Waals surface area (Å²) in [6, 6.07) is 0. The number of thioether (sulfide) groups is 1.